The molecule has 2 heterocycles. The van der Waals surface area contributed by atoms with Gasteiger partial charge in [-0.1, -0.05) is 60.2 Å². The van der Waals surface area contributed by atoms with E-state index in [1.807, 2.05) is 60.3 Å². The highest BCUT2D eigenvalue weighted by molar-refractivity contribution is 7.89. The van der Waals surface area contributed by atoms with Crippen LogP contribution in [0.15, 0.2) is 66.9 Å². The van der Waals surface area contributed by atoms with Gasteiger partial charge < -0.3 is 5.32 Å². The second-order valence-corrected chi connectivity index (χ2v) is 10.3. The van der Waals surface area contributed by atoms with E-state index in [4.69, 9.17) is 5.10 Å². The minimum absolute atomic E-state index is 0.190. The highest BCUT2D eigenvalue weighted by Crippen LogP contribution is 2.24. The number of carbonyl (C=O) groups excluding carboxylic acids is 1. The normalized spacial score (nSPS) is 15.8. The fraction of sp³-hybridized carbons (Fsp3) is 0.280. The van der Waals surface area contributed by atoms with E-state index in [1.165, 1.54) is 15.9 Å². The van der Waals surface area contributed by atoms with Crippen molar-refractivity contribution in [2.24, 2.45) is 0 Å². The lowest BCUT2D eigenvalue weighted by molar-refractivity contribution is -0.116. The van der Waals surface area contributed by atoms with Gasteiger partial charge in [0, 0.05) is 43.0 Å². The average molecular weight is 465 g/mol. The number of benzene rings is 2. The third-order valence-electron chi connectivity index (χ3n) is 5.58. The maximum Gasteiger partial charge on any atom is 0.244 e. The van der Waals surface area contributed by atoms with E-state index in [2.05, 4.69) is 17.4 Å². The molecular formula is C25H28N4O3S. The monoisotopic (exact) mass is 464 g/mol. The lowest BCUT2D eigenvalue weighted by Gasteiger charge is -2.13. The van der Waals surface area contributed by atoms with Crippen molar-refractivity contribution in [1.82, 2.24) is 19.4 Å². The molecule has 0 saturated carbocycles. The van der Waals surface area contributed by atoms with Gasteiger partial charge in [0.05, 0.1) is 18.0 Å². The molecule has 7 nitrogen and oxygen atoms in total. The van der Waals surface area contributed by atoms with Gasteiger partial charge in [-0.3, -0.25) is 9.48 Å². The summed E-state index contributed by atoms with van der Waals surface area (Å²) in [6.07, 6.45) is 5.80. The summed E-state index contributed by atoms with van der Waals surface area (Å²) >= 11 is 0. The van der Waals surface area contributed by atoms with Gasteiger partial charge >= 0.3 is 0 Å². The molecule has 8 heteroatoms. The van der Waals surface area contributed by atoms with Crippen LogP contribution in [0.4, 0.5) is 0 Å². The predicted molar refractivity (Wildman–Crippen MR) is 130 cm³/mol. The Kier molecular flexibility index (Phi) is 7.05. The number of hydrogen-bond acceptors (Lipinski definition) is 4. The third-order valence-corrected chi connectivity index (χ3v) is 7.54. The summed E-state index contributed by atoms with van der Waals surface area (Å²) in [4.78, 5) is 12.3. The molecule has 172 valence electrons. The van der Waals surface area contributed by atoms with Gasteiger partial charge in [-0.2, -0.15) is 5.10 Å². The second-order valence-electron chi connectivity index (χ2n) is 8.18. The minimum Gasteiger partial charge on any atom is -0.351 e. The maximum atomic E-state index is 12.3. The molecule has 0 atom stereocenters. The number of aromatic nitrogens is 2. The Morgan fingerprint density at radius 1 is 1.12 bits per heavy atom. The summed E-state index contributed by atoms with van der Waals surface area (Å²) < 4.78 is 27.0. The summed E-state index contributed by atoms with van der Waals surface area (Å²) in [5, 5.41) is 7.55. The number of carbonyl (C=O) groups is 1. The number of rotatable bonds is 8. The predicted octanol–water partition coefficient (Wildman–Crippen LogP) is 3.07. The fourth-order valence-electron chi connectivity index (χ4n) is 3.82. The van der Waals surface area contributed by atoms with Crippen molar-refractivity contribution in [2.45, 2.75) is 19.9 Å². The van der Waals surface area contributed by atoms with Crippen molar-refractivity contribution in [3.05, 3.63) is 83.6 Å². The van der Waals surface area contributed by atoms with Crippen LogP contribution >= 0.6 is 0 Å². The summed E-state index contributed by atoms with van der Waals surface area (Å²) in [6, 6.07) is 18.2. The molecule has 1 amide bonds. The number of sulfonamides is 1. The zero-order chi connectivity index (χ0) is 23.3. The topological polar surface area (TPSA) is 84.3 Å². The molecule has 0 radical (unpaired) electrons. The first-order chi connectivity index (χ1) is 15.9. The first kappa shape index (κ1) is 22.9. The molecule has 1 fully saturated rings. The van der Waals surface area contributed by atoms with Crippen LogP contribution in [0, 0.1) is 6.92 Å². The average Bonchev–Trinajstić information content (AvgIpc) is 3.35. The van der Waals surface area contributed by atoms with Crippen LogP contribution in [0.25, 0.3) is 17.3 Å². The summed E-state index contributed by atoms with van der Waals surface area (Å²) in [5.41, 5.74) is 4.93. The van der Waals surface area contributed by atoms with Crippen molar-refractivity contribution in [1.29, 1.82) is 0 Å². The van der Waals surface area contributed by atoms with E-state index >= 15 is 0 Å². The molecule has 0 bridgehead atoms. The first-order valence-corrected chi connectivity index (χ1v) is 12.6. The van der Waals surface area contributed by atoms with E-state index < -0.39 is 10.0 Å². The van der Waals surface area contributed by atoms with Gasteiger partial charge in [0.2, 0.25) is 15.9 Å². The van der Waals surface area contributed by atoms with E-state index in [9.17, 15) is 13.2 Å². The van der Waals surface area contributed by atoms with Crippen molar-refractivity contribution < 1.29 is 13.2 Å². The zero-order valence-electron chi connectivity index (χ0n) is 18.6. The number of aryl methyl sites for hydroxylation is 1. The molecule has 2 aromatic carbocycles. The Morgan fingerprint density at radius 2 is 1.88 bits per heavy atom. The van der Waals surface area contributed by atoms with Gasteiger partial charge in [-0.05, 0) is 25.0 Å². The Hall–Kier alpha value is -3.23. The van der Waals surface area contributed by atoms with E-state index in [-0.39, 0.29) is 18.2 Å². The molecule has 0 unspecified atom stereocenters. The van der Waals surface area contributed by atoms with E-state index in [0.29, 0.717) is 26.1 Å². The lowest BCUT2D eigenvalue weighted by Crippen LogP contribution is -2.35. The molecular weight excluding hydrogens is 436 g/mol. The molecule has 1 aromatic heterocycles. The molecule has 1 aliphatic rings. The van der Waals surface area contributed by atoms with Crippen LogP contribution < -0.4 is 5.32 Å². The van der Waals surface area contributed by atoms with Crippen molar-refractivity contribution in [3.63, 3.8) is 0 Å². The number of hydrogen-bond donors (Lipinski definition) is 1. The van der Waals surface area contributed by atoms with Crippen LogP contribution in [0.2, 0.25) is 0 Å². The smallest absolute Gasteiger partial charge is 0.244 e. The van der Waals surface area contributed by atoms with Gasteiger partial charge in [0.15, 0.2) is 0 Å². The van der Waals surface area contributed by atoms with Crippen molar-refractivity contribution >= 4 is 22.0 Å². The summed E-state index contributed by atoms with van der Waals surface area (Å²) in [6.45, 7) is 3.76. The molecule has 1 saturated heterocycles. The molecule has 4 rings (SSSR count). The molecule has 1 N–H and O–H groups in total. The number of nitrogens with one attached hydrogen (secondary N) is 1. The molecule has 0 aliphatic carbocycles. The SMILES string of the molecule is Cc1ccc(-c2nn(Cc3ccccc3)cc2C=CC(=O)NCCN2CCCS2(=O)=O)cc1. The molecule has 3 aromatic rings. The van der Waals surface area contributed by atoms with Crippen molar-refractivity contribution in [2.75, 3.05) is 25.4 Å². The Bertz CT molecular complexity index is 1230. The summed E-state index contributed by atoms with van der Waals surface area (Å²) in [5.74, 6) is -0.0763. The number of amides is 1. The van der Waals surface area contributed by atoms with Gasteiger partial charge in [-0.15, -0.1) is 0 Å². The third kappa shape index (κ3) is 5.97. The summed E-state index contributed by atoms with van der Waals surface area (Å²) in [7, 11) is -3.15. The number of nitrogens with zero attached hydrogens (tertiary/aromatic N) is 3. The quantitative estimate of drug-likeness (QED) is 0.520. The largest absolute Gasteiger partial charge is 0.351 e. The maximum absolute atomic E-state index is 12.3. The fourth-order valence-corrected chi connectivity index (χ4v) is 5.35. The highest BCUT2D eigenvalue weighted by atomic mass is 32.2. The standard InChI is InChI=1S/C25H28N4O3S/c1-20-8-10-22(11-9-20)25-23(19-28(27-25)18-21-6-3-2-4-7-21)12-13-24(30)26-14-16-29-15-5-17-33(29,31)32/h2-4,6-13,19H,5,14-18H2,1H3,(H,26,30). The molecule has 1 aliphatic heterocycles. The van der Waals surface area contributed by atoms with Gasteiger partial charge in [0.1, 0.15) is 0 Å². The van der Waals surface area contributed by atoms with Crippen molar-refractivity contribution in [3.8, 4) is 11.3 Å². The molecule has 0 spiro atoms. The molecule has 33 heavy (non-hydrogen) atoms. The van der Waals surface area contributed by atoms with Crippen LogP contribution in [0.3, 0.4) is 0 Å². The Balaban J connectivity index is 1.47. The zero-order valence-corrected chi connectivity index (χ0v) is 19.5. The van der Waals surface area contributed by atoms with Crippen LogP contribution in [0.5, 0.6) is 0 Å². The highest BCUT2D eigenvalue weighted by Gasteiger charge is 2.27. The minimum atomic E-state index is -3.15. The first-order valence-electron chi connectivity index (χ1n) is 11.0. The van der Waals surface area contributed by atoms with Crippen LogP contribution in [0.1, 0.15) is 23.1 Å². The Morgan fingerprint density at radius 3 is 2.58 bits per heavy atom. The van der Waals surface area contributed by atoms with Crippen LogP contribution in [-0.4, -0.2) is 53.8 Å². The van der Waals surface area contributed by atoms with Crippen LogP contribution in [-0.2, 0) is 21.4 Å². The van der Waals surface area contributed by atoms with E-state index in [0.717, 1.165) is 22.4 Å². The van der Waals surface area contributed by atoms with Gasteiger partial charge in [-0.25, -0.2) is 12.7 Å². The second kappa shape index (κ2) is 10.1. The van der Waals surface area contributed by atoms with E-state index in [1.54, 1.807) is 6.08 Å². The Labute approximate surface area is 194 Å². The lowest BCUT2D eigenvalue weighted by atomic mass is 10.1. The van der Waals surface area contributed by atoms with Gasteiger partial charge in [0.25, 0.3) is 0 Å².